The molecule has 3 nitrogen and oxygen atoms in total. The number of rotatable bonds is 4. The molecule has 2 N–H and O–H groups in total. The molecule has 0 saturated carbocycles. The SMILES string of the molecule is Cl.O=C(CCc1ccc(F)cc1C(F)(F)F)NC1CCNCC1. The molecule has 1 aromatic carbocycles. The third-order valence-electron chi connectivity index (χ3n) is 3.70. The molecule has 0 bridgehead atoms. The Hall–Kier alpha value is -1.34. The number of halogens is 5. The largest absolute Gasteiger partial charge is 0.416 e. The Bertz CT molecular complexity index is 531. The molecule has 23 heavy (non-hydrogen) atoms. The zero-order valence-corrected chi connectivity index (χ0v) is 13.2. The lowest BCUT2D eigenvalue weighted by Gasteiger charge is -2.23. The lowest BCUT2D eigenvalue weighted by molar-refractivity contribution is -0.138. The number of alkyl halides is 3. The molecule has 1 saturated heterocycles. The average Bonchev–Trinajstić information content (AvgIpc) is 2.46. The molecular weight excluding hydrogens is 336 g/mol. The van der Waals surface area contributed by atoms with Crippen molar-refractivity contribution in [3.8, 4) is 0 Å². The van der Waals surface area contributed by atoms with Gasteiger partial charge in [0, 0.05) is 12.5 Å². The number of aryl methyl sites for hydroxylation is 1. The molecule has 8 heteroatoms. The van der Waals surface area contributed by atoms with Gasteiger partial charge in [0.05, 0.1) is 5.56 Å². The Morgan fingerprint density at radius 3 is 2.52 bits per heavy atom. The Kier molecular flexibility index (Phi) is 7.28. The van der Waals surface area contributed by atoms with Gasteiger partial charge in [-0.3, -0.25) is 4.79 Å². The van der Waals surface area contributed by atoms with Crippen molar-refractivity contribution in [2.24, 2.45) is 0 Å². The number of piperidine rings is 1. The molecule has 0 spiro atoms. The zero-order valence-electron chi connectivity index (χ0n) is 12.4. The van der Waals surface area contributed by atoms with Gasteiger partial charge in [-0.1, -0.05) is 6.07 Å². The van der Waals surface area contributed by atoms with Crippen LogP contribution in [0.2, 0.25) is 0 Å². The molecule has 2 rings (SSSR count). The molecule has 130 valence electrons. The summed E-state index contributed by atoms with van der Waals surface area (Å²) in [4.78, 5) is 11.8. The molecule has 1 aliphatic heterocycles. The minimum atomic E-state index is -4.62. The van der Waals surface area contributed by atoms with Crippen molar-refractivity contribution < 1.29 is 22.4 Å². The molecule has 1 heterocycles. The van der Waals surface area contributed by atoms with Gasteiger partial charge in [-0.15, -0.1) is 12.4 Å². The summed E-state index contributed by atoms with van der Waals surface area (Å²) in [6.07, 6.45) is -3.10. The van der Waals surface area contributed by atoms with E-state index in [0.717, 1.165) is 38.1 Å². The van der Waals surface area contributed by atoms with Crippen LogP contribution < -0.4 is 10.6 Å². The van der Waals surface area contributed by atoms with Gasteiger partial charge in [-0.2, -0.15) is 13.2 Å². The van der Waals surface area contributed by atoms with Crippen molar-refractivity contribution in [3.05, 3.63) is 35.1 Å². The highest BCUT2D eigenvalue weighted by atomic mass is 35.5. The van der Waals surface area contributed by atoms with Crippen LogP contribution in [-0.4, -0.2) is 25.0 Å². The van der Waals surface area contributed by atoms with E-state index in [1.165, 1.54) is 0 Å². The van der Waals surface area contributed by atoms with Gasteiger partial charge >= 0.3 is 6.18 Å². The summed E-state index contributed by atoms with van der Waals surface area (Å²) in [6, 6.07) is 2.62. The normalized spacial score (nSPS) is 15.8. The predicted octanol–water partition coefficient (Wildman–Crippen LogP) is 3.07. The number of hydrogen-bond donors (Lipinski definition) is 2. The van der Waals surface area contributed by atoms with Crippen molar-refractivity contribution in [2.45, 2.75) is 37.9 Å². The lowest BCUT2D eigenvalue weighted by Crippen LogP contribution is -2.42. The Balaban J connectivity index is 0.00000264. The van der Waals surface area contributed by atoms with E-state index in [-0.39, 0.29) is 42.8 Å². The van der Waals surface area contributed by atoms with Crippen LogP contribution in [0.15, 0.2) is 18.2 Å². The molecule has 1 amide bonds. The smallest absolute Gasteiger partial charge is 0.353 e. The molecule has 1 aliphatic rings. The van der Waals surface area contributed by atoms with Crippen LogP contribution in [0, 0.1) is 5.82 Å². The van der Waals surface area contributed by atoms with E-state index in [2.05, 4.69) is 10.6 Å². The fourth-order valence-corrected chi connectivity index (χ4v) is 2.54. The molecule has 0 atom stereocenters. The molecule has 0 aromatic heterocycles. The summed E-state index contributed by atoms with van der Waals surface area (Å²) in [5.74, 6) is -1.21. The number of benzene rings is 1. The number of nitrogens with one attached hydrogen (secondary N) is 2. The van der Waals surface area contributed by atoms with Gasteiger partial charge in [0.15, 0.2) is 0 Å². The Morgan fingerprint density at radius 1 is 1.26 bits per heavy atom. The number of hydrogen-bond acceptors (Lipinski definition) is 2. The monoisotopic (exact) mass is 354 g/mol. The molecule has 1 aromatic rings. The maximum Gasteiger partial charge on any atom is 0.416 e. The Labute approximate surface area is 138 Å². The second kappa shape index (κ2) is 8.49. The quantitative estimate of drug-likeness (QED) is 0.816. The lowest BCUT2D eigenvalue weighted by atomic mass is 10.0. The van der Waals surface area contributed by atoms with Gasteiger partial charge in [0.2, 0.25) is 5.91 Å². The highest BCUT2D eigenvalue weighted by Crippen LogP contribution is 2.33. The van der Waals surface area contributed by atoms with Crippen LogP contribution in [0.4, 0.5) is 17.6 Å². The zero-order chi connectivity index (χ0) is 16.2. The van der Waals surface area contributed by atoms with Crippen LogP contribution in [-0.2, 0) is 17.4 Å². The van der Waals surface area contributed by atoms with Crippen LogP contribution in [0.5, 0.6) is 0 Å². The summed E-state index contributed by atoms with van der Waals surface area (Å²) in [5.41, 5.74) is -1.07. The van der Waals surface area contributed by atoms with Crippen molar-refractivity contribution in [3.63, 3.8) is 0 Å². The van der Waals surface area contributed by atoms with Crippen LogP contribution >= 0.6 is 12.4 Å². The second-order valence-corrected chi connectivity index (χ2v) is 5.39. The van der Waals surface area contributed by atoms with E-state index in [4.69, 9.17) is 0 Å². The van der Waals surface area contributed by atoms with E-state index >= 15 is 0 Å². The first-order chi connectivity index (χ1) is 10.4. The first-order valence-corrected chi connectivity index (χ1v) is 7.22. The van der Waals surface area contributed by atoms with Crippen molar-refractivity contribution in [2.75, 3.05) is 13.1 Å². The second-order valence-electron chi connectivity index (χ2n) is 5.39. The minimum absolute atomic E-state index is 0. The molecule has 0 radical (unpaired) electrons. The van der Waals surface area contributed by atoms with Gasteiger partial charge in [-0.05, 0) is 50.0 Å². The van der Waals surface area contributed by atoms with E-state index < -0.39 is 17.6 Å². The highest BCUT2D eigenvalue weighted by molar-refractivity contribution is 5.85. The molecule has 0 unspecified atom stereocenters. The standard InChI is InChI=1S/C15H18F4N2O.ClH/c16-11-3-1-10(13(9-11)15(17,18)19)2-4-14(22)21-12-5-7-20-8-6-12;/h1,3,9,12,20H,2,4-8H2,(H,21,22);1H. The first kappa shape index (κ1) is 19.7. The summed E-state index contributed by atoms with van der Waals surface area (Å²) < 4.78 is 51.6. The fourth-order valence-electron chi connectivity index (χ4n) is 2.54. The van der Waals surface area contributed by atoms with E-state index in [1.54, 1.807) is 0 Å². The average molecular weight is 355 g/mol. The van der Waals surface area contributed by atoms with Crippen molar-refractivity contribution in [1.29, 1.82) is 0 Å². The van der Waals surface area contributed by atoms with E-state index in [0.29, 0.717) is 6.07 Å². The molecule has 0 aliphatic carbocycles. The maximum atomic E-state index is 13.0. The number of carbonyl (C=O) groups is 1. The Morgan fingerprint density at radius 2 is 1.91 bits per heavy atom. The summed E-state index contributed by atoms with van der Waals surface area (Å²) in [7, 11) is 0. The topological polar surface area (TPSA) is 41.1 Å². The van der Waals surface area contributed by atoms with Gasteiger partial charge < -0.3 is 10.6 Å². The molecule has 1 fully saturated rings. The summed E-state index contributed by atoms with van der Waals surface area (Å²) >= 11 is 0. The maximum absolute atomic E-state index is 13.0. The fraction of sp³-hybridized carbons (Fsp3) is 0.533. The summed E-state index contributed by atoms with van der Waals surface area (Å²) in [6.45, 7) is 1.64. The number of carbonyl (C=O) groups excluding carboxylic acids is 1. The van der Waals surface area contributed by atoms with Gasteiger partial charge in [-0.25, -0.2) is 4.39 Å². The highest BCUT2D eigenvalue weighted by Gasteiger charge is 2.33. The van der Waals surface area contributed by atoms with Gasteiger partial charge in [0.25, 0.3) is 0 Å². The van der Waals surface area contributed by atoms with Gasteiger partial charge in [0.1, 0.15) is 5.82 Å². The van der Waals surface area contributed by atoms with Crippen LogP contribution in [0.25, 0.3) is 0 Å². The molecular formula is C15H19ClF4N2O. The van der Waals surface area contributed by atoms with Crippen LogP contribution in [0.3, 0.4) is 0 Å². The van der Waals surface area contributed by atoms with Crippen LogP contribution in [0.1, 0.15) is 30.4 Å². The van der Waals surface area contributed by atoms with E-state index in [9.17, 15) is 22.4 Å². The first-order valence-electron chi connectivity index (χ1n) is 7.22. The van der Waals surface area contributed by atoms with E-state index in [1.807, 2.05) is 0 Å². The van der Waals surface area contributed by atoms with Crippen molar-refractivity contribution >= 4 is 18.3 Å². The number of amides is 1. The summed E-state index contributed by atoms with van der Waals surface area (Å²) in [5, 5.41) is 5.99. The predicted molar refractivity (Wildman–Crippen MR) is 81.0 cm³/mol. The third kappa shape index (κ3) is 5.99. The van der Waals surface area contributed by atoms with Crippen molar-refractivity contribution in [1.82, 2.24) is 10.6 Å². The minimum Gasteiger partial charge on any atom is -0.353 e. The third-order valence-corrected chi connectivity index (χ3v) is 3.70.